The molecule has 0 aliphatic carbocycles. The molecule has 0 saturated carbocycles. The molecule has 0 radical (unpaired) electrons. The van der Waals surface area contributed by atoms with E-state index in [1.54, 1.807) is 4.90 Å². The summed E-state index contributed by atoms with van der Waals surface area (Å²) in [6, 6.07) is 13.0. The van der Waals surface area contributed by atoms with E-state index in [0.717, 1.165) is 11.3 Å². The van der Waals surface area contributed by atoms with E-state index in [1.807, 2.05) is 31.2 Å². The number of hydrogen-bond donors (Lipinski definition) is 1. The van der Waals surface area contributed by atoms with Crippen molar-refractivity contribution < 1.29 is 22.4 Å². The lowest BCUT2D eigenvalue weighted by atomic mass is 10.1. The number of hydrogen-bond acceptors (Lipinski definition) is 5. The highest BCUT2D eigenvalue weighted by Crippen LogP contribution is 2.34. The van der Waals surface area contributed by atoms with Crippen LogP contribution in [0.2, 0.25) is 0 Å². The fraction of sp³-hybridized carbons (Fsp3) is 0.261. The van der Waals surface area contributed by atoms with Gasteiger partial charge in [-0.15, -0.1) is 0 Å². The molecule has 1 atom stereocenters. The molecule has 1 aromatic heterocycles. The Morgan fingerprint density at radius 2 is 1.85 bits per heavy atom. The summed E-state index contributed by atoms with van der Waals surface area (Å²) < 4.78 is 39.1. The van der Waals surface area contributed by atoms with E-state index in [9.17, 15) is 22.4 Å². The van der Waals surface area contributed by atoms with Crippen LogP contribution in [0.3, 0.4) is 0 Å². The fourth-order valence-corrected chi connectivity index (χ4v) is 5.83. The number of para-hydroxylation sites is 1. The number of sulfone groups is 1. The highest BCUT2D eigenvalue weighted by atomic mass is 32.2. The summed E-state index contributed by atoms with van der Waals surface area (Å²) in [5.74, 6) is -1.79. The predicted molar refractivity (Wildman–Crippen MR) is 120 cm³/mol. The van der Waals surface area contributed by atoms with Gasteiger partial charge in [0, 0.05) is 24.2 Å². The number of rotatable bonds is 4. The Bertz CT molecular complexity index is 1380. The summed E-state index contributed by atoms with van der Waals surface area (Å²) in [4.78, 5) is 27.4. The van der Waals surface area contributed by atoms with E-state index in [4.69, 9.17) is 0 Å². The molecule has 170 valence electrons. The highest BCUT2D eigenvalue weighted by Gasteiger charge is 2.38. The van der Waals surface area contributed by atoms with Crippen LogP contribution in [0.25, 0.3) is 5.69 Å². The van der Waals surface area contributed by atoms with Crippen molar-refractivity contribution in [2.45, 2.75) is 24.9 Å². The van der Waals surface area contributed by atoms with Crippen molar-refractivity contribution in [1.82, 2.24) is 9.78 Å². The molecule has 3 heterocycles. The zero-order valence-corrected chi connectivity index (χ0v) is 18.6. The van der Waals surface area contributed by atoms with Gasteiger partial charge < -0.3 is 10.2 Å². The summed E-state index contributed by atoms with van der Waals surface area (Å²) in [7, 11) is -3.35. The molecule has 0 bridgehead atoms. The number of nitrogens with one attached hydrogen (secondary N) is 1. The van der Waals surface area contributed by atoms with Crippen LogP contribution < -0.4 is 10.2 Å². The van der Waals surface area contributed by atoms with Crippen LogP contribution in [0.15, 0.2) is 48.5 Å². The first-order chi connectivity index (χ1) is 15.7. The molecule has 1 saturated heterocycles. The van der Waals surface area contributed by atoms with Gasteiger partial charge in [0.25, 0.3) is 0 Å². The van der Waals surface area contributed by atoms with Crippen molar-refractivity contribution in [2.75, 3.05) is 16.8 Å². The lowest BCUT2D eigenvalue weighted by Gasteiger charge is -2.19. The van der Waals surface area contributed by atoms with E-state index in [1.165, 1.54) is 28.9 Å². The molecular weight excluding hydrogens is 447 g/mol. The third-order valence-electron chi connectivity index (χ3n) is 6.00. The molecular formula is C23H21FN4O4S. The molecule has 1 unspecified atom stereocenters. The van der Waals surface area contributed by atoms with E-state index >= 15 is 0 Å². The number of benzene rings is 2. The Morgan fingerprint density at radius 3 is 2.58 bits per heavy atom. The minimum Gasteiger partial charge on any atom is -0.311 e. The Labute approximate surface area is 189 Å². The van der Waals surface area contributed by atoms with E-state index in [0.29, 0.717) is 16.9 Å². The molecule has 2 aromatic carbocycles. The smallest absolute Gasteiger partial charge is 0.230 e. The maximum Gasteiger partial charge on any atom is 0.230 e. The lowest BCUT2D eigenvalue weighted by molar-refractivity contribution is -0.122. The first-order valence-electron chi connectivity index (χ1n) is 10.5. The van der Waals surface area contributed by atoms with E-state index < -0.39 is 27.5 Å². The fourth-order valence-electron chi connectivity index (χ4n) is 4.34. The third kappa shape index (κ3) is 3.91. The summed E-state index contributed by atoms with van der Waals surface area (Å²) in [5.41, 5.74) is 2.97. The monoisotopic (exact) mass is 468 g/mol. The number of nitrogens with zero attached hydrogens (tertiary/aromatic N) is 3. The minimum atomic E-state index is -3.35. The molecule has 5 rings (SSSR count). The highest BCUT2D eigenvalue weighted by molar-refractivity contribution is 7.90. The molecule has 1 N–H and O–H groups in total. The van der Waals surface area contributed by atoms with Gasteiger partial charge in [-0.05, 0) is 42.8 Å². The quantitative estimate of drug-likeness (QED) is 0.635. The zero-order valence-electron chi connectivity index (χ0n) is 17.8. The van der Waals surface area contributed by atoms with Crippen LogP contribution in [-0.2, 0) is 30.9 Å². The second-order valence-electron chi connectivity index (χ2n) is 8.38. The summed E-state index contributed by atoms with van der Waals surface area (Å²) in [5, 5.41) is 7.19. The third-order valence-corrected chi connectivity index (χ3v) is 7.44. The summed E-state index contributed by atoms with van der Waals surface area (Å²) in [6.45, 7) is 2.13. The Kier molecular flexibility index (Phi) is 5.04. The molecule has 3 aromatic rings. The van der Waals surface area contributed by atoms with Gasteiger partial charge in [-0.3, -0.25) is 9.59 Å². The number of aryl methyl sites for hydroxylation is 1. The normalized spacial score (nSPS) is 19.0. The van der Waals surface area contributed by atoms with Crippen LogP contribution in [0.4, 0.5) is 15.9 Å². The number of carbonyl (C=O) groups is 2. The standard InChI is InChI=1S/C23H21FN4O4S/c1-14-4-2-3-5-20(14)27-11-15(10-21(27)29)23(30)25-22-18-12-33(31,32)13-19(18)26-28(22)17-8-6-16(24)7-9-17/h2-9,15H,10-13H2,1H3,(H,25,30). The molecule has 2 amide bonds. The maximum absolute atomic E-state index is 13.4. The Morgan fingerprint density at radius 1 is 1.12 bits per heavy atom. The average Bonchev–Trinajstić information content (AvgIpc) is 3.39. The number of aromatic nitrogens is 2. The van der Waals surface area contributed by atoms with E-state index in [-0.39, 0.29) is 36.2 Å². The number of halogens is 1. The number of anilines is 2. The van der Waals surface area contributed by atoms with Gasteiger partial charge in [0.05, 0.1) is 28.8 Å². The second kappa shape index (κ2) is 7.80. The Hall–Kier alpha value is -3.53. The maximum atomic E-state index is 13.4. The topological polar surface area (TPSA) is 101 Å². The first-order valence-corrected chi connectivity index (χ1v) is 12.3. The first kappa shape index (κ1) is 21.3. The molecule has 1 fully saturated rings. The van der Waals surface area contributed by atoms with Gasteiger partial charge in [0.15, 0.2) is 9.84 Å². The molecule has 10 heteroatoms. The largest absolute Gasteiger partial charge is 0.311 e. The van der Waals surface area contributed by atoms with Gasteiger partial charge in [-0.25, -0.2) is 17.5 Å². The average molecular weight is 469 g/mol. The van der Waals surface area contributed by atoms with Gasteiger partial charge in [-0.1, -0.05) is 18.2 Å². The molecule has 8 nitrogen and oxygen atoms in total. The molecule has 2 aliphatic heterocycles. The Balaban J connectivity index is 1.44. The summed E-state index contributed by atoms with van der Waals surface area (Å²) >= 11 is 0. The lowest BCUT2D eigenvalue weighted by Crippen LogP contribution is -2.29. The minimum absolute atomic E-state index is 0.0470. The number of carbonyl (C=O) groups excluding carboxylic acids is 2. The SMILES string of the molecule is Cc1ccccc1N1CC(C(=O)Nc2c3c(nn2-c2ccc(F)cc2)CS(=O)(=O)C3)CC1=O. The van der Waals surface area contributed by atoms with Crippen LogP contribution in [0, 0.1) is 18.7 Å². The predicted octanol–water partition coefficient (Wildman–Crippen LogP) is 2.74. The molecule has 2 aliphatic rings. The van der Waals surface area contributed by atoms with Gasteiger partial charge >= 0.3 is 0 Å². The van der Waals surface area contributed by atoms with Crippen molar-refractivity contribution in [3.8, 4) is 5.69 Å². The number of fused-ring (bicyclic) bond motifs is 1. The van der Waals surface area contributed by atoms with Crippen molar-refractivity contribution in [3.05, 3.63) is 71.2 Å². The second-order valence-corrected chi connectivity index (χ2v) is 10.4. The van der Waals surface area contributed by atoms with Crippen LogP contribution in [0.1, 0.15) is 23.2 Å². The van der Waals surface area contributed by atoms with Crippen molar-refractivity contribution in [3.63, 3.8) is 0 Å². The summed E-state index contributed by atoms with van der Waals surface area (Å²) in [6.07, 6.45) is 0.0470. The zero-order chi connectivity index (χ0) is 23.3. The van der Waals surface area contributed by atoms with Crippen molar-refractivity contribution in [1.29, 1.82) is 0 Å². The molecule has 33 heavy (non-hydrogen) atoms. The van der Waals surface area contributed by atoms with Gasteiger partial charge in [-0.2, -0.15) is 5.10 Å². The van der Waals surface area contributed by atoms with Crippen LogP contribution >= 0.6 is 0 Å². The van der Waals surface area contributed by atoms with Gasteiger partial charge in [0.2, 0.25) is 11.8 Å². The van der Waals surface area contributed by atoms with Crippen molar-refractivity contribution in [2.24, 2.45) is 5.92 Å². The van der Waals surface area contributed by atoms with Crippen LogP contribution in [-0.4, -0.2) is 36.6 Å². The van der Waals surface area contributed by atoms with Gasteiger partial charge in [0.1, 0.15) is 11.6 Å². The van der Waals surface area contributed by atoms with E-state index in [2.05, 4.69) is 10.4 Å². The van der Waals surface area contributed by atoms with Crippen molar-refractivity contribution >= 4 is 33.2 Å². The molecule has 0 spiro atoms. The van der Waals surface area contributed by atoms with Crippen LogP contribution in [0.5, 0.6) is 0 Å². The number of amides is 2.